The zero-order chi connectivity index (χ0) is 15.5. The summed E-state index contributed by atoms with van der Waals surface area (Å²) in [6.45, 7) is 10.5. The molecule has 110 valence electrons. The molecule has 2 nitrogen and oxygen atoms in total. The van der Waals surface area contributed by atoms with Crippen LogP contribution in [-0.2, 0) is 4.84 Å². The Labute approximate surface area is 131 Å². The summed E-state index contributed by atoms with van der Waals surface area (Å²) >= 11 is 0. The molecule has 2 heteroatoms. The van der Waals surface area contributed by atoms with E-state index in [-0.39, 0.29) is 12.0 Å². The summed E-state index contributed by atoms with van der Waals surface area (Å²) in [5, 5.41) is 4.28. The SMILES string of the molecule is C=C(C1=NO[C@H](C(=C)c2ccccc2)[C@H]1C)c1ccccc1. The van der Waals surface area contributed by atoms with Gasteiger partial charge in [0.25, 0.3) is 0 Å². The van der Waals surface area contributed by atoms with Crippen molar-refractivity contribution in [2.45, 2.75) is 13.0 Å². The highest BCUT2D eigenvalue weighted by atomic mass is 16.6. The van der Waals surface area contributed by atoms with Gasteiger partial charge in [0.15, 0.2) is 6.10 Å². The summed E-state index contributed by atoms with van der Waals surface area (Å²) in [5.74, 6) is 0.125. The average Bonchev–Trinajstić information content (AvgIpc) is 2.96. The first-order valence-corrected chi connectivity index (χ1v) is 7.41. The molecule has 0 amide bonds. The van der Waals surface area contributed by atoms with Crippen molar-refractivity contribution < 1.29 is 4.84 Å². The lowest BCUT2D eigenvalue weighted by Crippen LogP contribution is -2.22. The molecule has 1 heterocycles. The lowest BCUT2D eigenvalue weighted by Gasteiger charge is -2.18. The molecule has 0 aliphatic carbocycles. The number of benzene rings is 2. The summed E-state index contributed by atoms with van der Waals surface area (Å²) in [4.78, 5) is 5.66. The van der Waals surface area contributed by atoms with Crippen molar-refractivity contribution in [1.29, 1.82) is 0 Å². The van der Waals surface area contributed by atoms with E-state index in [1.54, 1.807) is 0 Å². The highest BCUT2D eigenvalue weighted by Gasteiger charge is 2.34. The van der Waals surface area contributed by atoms with Crippen molar-refractivity contribution in [1.82, 2.24) is 0 Å². The van der Waals surface area contributed by atoms with Gasteiger partial charge in [-0.1, -0.05) is 85.9 Å². The molecule has 1 aliphatic heterocycles. The fourth-order valence-electron chi connectivity index (χ4n) is 2.73. The van der Waals surface area contributed by atoms with Crippen molar-refractivity contribution >= 4 is 16.9 Å². The van der Waals surface area contributed by atoms with Crippen LogP contribution in [0.1, 0.15) is 18.1 Å². The van der Waals surface area contributed by atoms with Crippen molar-refractivity contribution in [3.8, 4) is 0 Å². The third kappa shape index (κ3) is 2.60. The van der Waals surface area contributed by atoms with Gasteiger partial charge in [0.05, 0.1) is 5.71 Å². The van der Waals surface area contributed by atoms with Gasteiger partial charge in [0.1, 0.15) is 0 Å². The number of hydrogen-bond donors (Lipinski definition) is 0. The molecular weight excluding hydrogens is 270 g/mol. The number of oxime groups is 1. The molecule has 0 spiro atoms. The van der Waals surface area contributed by atoms with E-state index in [4.69, 9.17) is 4.84 Å². The smallest absolute Gasteiger partial charge is 0.160 e. The average molecular weight is 289 g/mol. The Morgan fingerprint density at radius 1 is 0.909 bits per heavy atom. The Morgan fingerprint density at radius 2 is 1.45 bits per heavy atom. The molecule has 0 N–H and O–H groups in total. The largest absolute Gasteiger partial charge is 0.387 e. The van der Waals surface area contributed by atoms with E-state index < -0.39 is 0 Å². The summed E-state index contributed by atoms with van der Waals surface area (Å²) < 4.78 is 0. The van der Waals surface area contributed by atoms with Gasteiger partial charge in [-0.2, -0.15) is 0 Å². The minimum Gasteiger partial charge on any atom is -0.387 e. The van der Waals surface area contributed by atoms with Gasteiger partial charge in [-0.05, 0) is 22.3 Å². The van der Waals surface area contributed by atoms with Crippen molar-refractivity contribution in [3.05, 3.63) is 84.9 Å². The molecule has 0 unspecified atom stereocenters. The molecule has 0 aromatic heterocycles. The van der Waals surface area contributed by atoms with Gasteiger partial charge >= 0.3 is 0 Å². The van der Waals surface area contributed by atoms with Crippen LogP contribution in [0.2, 0.25) is 0 Å². The normalized spacial score (nSPS) is 20.1. The van der Waals surface area contributed by atoms with Crippen LogP contribution in [0.15, 0.2) is 79.0 Å². The van der Waals surface area contributed by atoms with Gasteiger partial charge in [-0.15, -0.1) is 0 Å². The quantitative estimate of drug-likeness (QED) is 0.792. The van der Waals surface area contributed by atoms with E-state index >= 15 is 0 Å². The Morgan fingerprint density at radius 3 is 2.05 bits per heavy atom. The predicted octanol–water partition coefficient (Wildman–Crippen LogP) is 4.80. The standard InChI is InChI=1S/C20H19NO/c1-14(17-10-6-4-7-11-17)19-16(3)20(22-21-19)15(2)18-12-8-5-9-13-18/h4-13,16,20H,1-2H2,3H3/t16-,20+/m0/s1. The van der Waals surface area contributed by atoms with Crippen LogP contribution in [0.4, 0.5) is 0 Å². The van der Waals surface area contributed by atoms with Crippen molar-refractivity contribution in [3.63, 3.8) is 0 Å². The van der Waals surface area contributed by atoms with Crippen molar-refractivity contribution in [2.24, 2.45) is 11.1 Å². The summed E-state index contributed by atoms with van der Waals surface area (Å²) in [6, 6.07) is 20.2. The first kappa shape index (κ1) is 14.3. The third-order valence-corrected chi connectivity index (χ3v) is 4.07. The lowest BCUT2D eigenvalue weighted by molar-refractivity contribution is 0.108. The van der Waals surface area contributed by atoms with Gasteiger partial charge in [-0.3, -0.25) is 0 Å². The number of nitrogens with zero attached hydrogens (tertiary/aromatic N) is 1. The third-order valence-electron chi connectivity index (χ3n) is 4.07. The van der Waals surface area contributed by atoms with E-state index in [1.807, 2.05) is 60.7 Å². The fourth-order valence-corrected chi connectivity index (χ4v) is 2.73. The summed E-state index contributed by atoms with van der Waals surface area (Å²) in [6.07, 6.45) is -0.141. The molecule has 0 bridgehead atoms. The molecular formula is C20H19NO. The maximum atomic E-state index is 5.66. The highest BCUT2D eigenvalue weighted by molar-refractivity contribution is 6.24. The van der Waals surface area contributed by atoms with Crippen LogP contribution in [-0.4, -0.2) is 11.8 Å². The second kappa shape index (κ2) is 6.02. The van der Waals surface area contributed by atoms with Gasteiger partial charge in [0.2, 0.25) is 0 Å². The van der Waals surface area contributed by atoms with Gasteiger partial charge in [0, 0.05) is 5.92 Å². The molecule has 2 aromatic carbocycles. The molecule has 2 atom stereocenters. The van der Waals surface area contributed by atoms with Crippen LogP contribution in [0, 0.1) is 5.92 Å². The molecule has 3 rings (SSSR count). The highest BCUT2D eigenvalue weighted by Crippen LogP contribution is 2.33. The second-order valence-electron chi connectivity index (χ2n) is 5.53. The monoisotopic (exact) mass is 289 g/mol. The van der Waals surface area contributed by atoms with Crippen molar-refractivity contribution in [2.75, 3.05) is 0 Å². The molecule has 0 saturated heterocycles. The maximum Gasteiger partial charge on any atom is 0.160 e. The Kier molecular flexibility index (Phi) is 3.92. The van der Waals surface area contributed by atoms with Crippen LogP contribution >= 0.6 is 0 Å². The lowest BCUT2D eigenvalue weighted by atomic mass is 9.86. The first-order valence-electron chi connectivity index (χ1n) is 7.41. The molecule has 0 fully saturated rings. The molecule has 1 aliphatic rings. The zero-order valence-electron chi connectivity index (χ0n) is 12.7. The first-order chi connectivity index (χ1) is 10.7. The van der Waals surface area contributed by atoms with E-state index in [0.717, 1.165) is 28.0 Å². The zero-order valence-corrected chi connectivity index (χ0v) is 12.7. The number of allylic oxidation sites excluding steroid dienone is 1. The predicted molar refractivity (Wildman–Crippen MR) is 92.4 cm³/mol. The van der Waals surface area contributed by atoms with Crippen LogP contribution < -0.4 is 0 Å². The van der Waals surface area contributed by atoms with Gasteiger partial charge in [-0.25, -0.2) is 0 Å². The van der Waals surface area contributed by atoms with Crippen LogP contribution in [0.5, 0.6) is 0 Å². The van der Waals surface area contributed by atoms with Crippen LogP contribution in [0.3, 0.4) is 0 Å². The molecule has 0 radical (unpaired) electrons. The molecule has 22 heavy (non-hydrogen) atoms. The van der Waals surface area contributed by atoms with Gasteiger partial charge < -0.3 is 4.84 Å². The van der Waals surface area contributed by atoms with E-state index in [1.165, 1.54) is 0 Å². The Bertz CT molecular complexity index is 716. The summed E-state index contributed by atoms with van der Waals surface area (Å²) in [5.41, 5.74) is 4.92. The van der Waals surface area contributed by atoms with E-state index in [9.17, 15) is 0 Å². The Hall–Kier alpha value is -2.61. The minimum atomic E-state index is -0.141. The van der Waals surface area contributed by atoms with Crippen LogP contribution in [0.25, 0.3) is 11.1 Å². The van der Waals surface area contributed by atoms with E-state index in [2.05, 4.69) is 25.2 Å². The summed E-state index contributed by atoms with van der Waals surface area (Å²) in [7, 11) is 0. The minimum absolute atomic E-state index is 0.125. The maximum absolute atomic E-state index is 5.66. The number of rotatable bonds is 4. The fraction of sp³-hybridized carbons (Fsp3) is 0.150. The Balaban J connectivity index is 1.79. The topological polar surface area (TPSA) is 21.6 Å². The molecule has 2 aromatic rings. The van der Waals surface area contributed by atoms with E-state index in [0.29, 0.717) is 0 Å². The second-order valence-corrected chi connectivity index (χ2v) is 5.53. The molecule has 0 saturated carbocycles. The number of hydrogen-bond acceptors (Lipinski definition) is 2.